The molecular weight excluding hydrogens is 260 g/mol. The smallest absolute Gasteiger partial charge is 0.309 e. The minimum Gasteiger partial charge on any atom is -0.481 e. The maximum absolute atomic E-state index is 12.4. The highest BCUT2D eigenvalue weighted by Crippen LogP contribution is 2.36. The highest BCUT2D eigenvalue weighted by molar-refractivity contribution is 5.89. The summed E-state index contributed by atoms with van der Waals surface area (Å²) in [6.45, 7) is 5.88. The number of aliphatic carboxylic acids is 1. The number of carboxylic acids is 1. The van der Waals surface area contributed by atoms with Crippen molar-refractivity contribution in [2.75, 3.05) is 6.61 Å². The lowest BCUT2D eigenvalue weighted by Crippen LogP contribution is -2.40. The molecule has 0 aromatic carbocycles. The quantitative estimate of drug-likeness (QED) is 0.757. The Hall–Kier alpha value is -1.39. The van der Waals surface area contributed by atoms with Crippen molar-refractivity contribution in [1.29, 1.82) is 0 Å². The molecule has 1 saturated carbocycles. The third-order valence-corrected chi connectivity index (χ3v) is 4.35. The van der Waals surface area contributed by atoms with Crippen LogP contribution in [0.2, 0.25) is 0 Å². The summed E-state index contributed by atoms with van der Waals surface area (Å²) in [6, 6.07) is 0. The van der Waals surface area contributed by atoms with Crippen LogP contribution in [-0.2, 0) is 19.1 Å². The Bertz CT molecular complexity index is 376. The maximum Gasteiger partial charge on any atom is 0.309 e. The monoisotopic (exact) mass is 284 g/mol. The van der Waals surface area contributed by atoms with Crippen molar-refractivity contribution in [3.63, 3.8) is 0 Å². The van der Waals surface area contributed by atoms with Gasteiger partial charge in [-0.1, -0.05) is 13.8 Å². The van der Waals surface area contributed by atoms with Crippen molar-refractivity contribution >= 4 is 17.7 Å². The van der Waals surface area contributed by atoms with Crippen molar-refractivity contribution in [3.05, 3.63) is 0 Å². The zero-order valence-electron chi connectivity index (χ0n) is 12.4. The predicted octanol–water partition coefficient (Wildman–Crippen LogP) is 2.28. The van der Waals surface area contributed by atoms with Crippen LogP contribution in [0.25, 0.3) is 0 Å². The maximum atomic E-state index is 12.4. The van der Waals surface area contributed by atoms with Gasteiger partial charge in [0, 0.05) is 18.3 Å². The van der Waals surface area contributed by atoms with Crippen LogP contribution in [-0.4, -0.2) is 29.4 Å². The molecule has 0 aromatic rings. The van der Waals surface area contributed by atoms with E-state index in [1.165, 1.54) is 0 Å². The number of hydrogen-bond donors (Lipinski definition) is 1. The Labute approximate surface area is 119 Å². The van der Waals surface area contributed by atoms with Gasteiger partial charge in [-0.2, -0.15) is 0 Å². The molecule has 0 aliphatic heterocycles. The summed E-state index contributed by atoms with van der Waals surface area (Å²) in [5, 5.41) is 8.80. The molecule has 0 heterocycles. The summed E-state index contributed by atoms with van der Waals surface area (Å²) in [5.74, 6) is -2.07. The molecule has 5 heteroatoms. The number of carboxylic acid groups (broad SMARTS) is 1. The van der Waals surface area contributed by atoms with E-state index in [0.29, 0.717) is 12.3 Å². The fourth-order valence-electron chi connectivity index (χ4n) is 2.86. The molecule has 0 aromatic heterocycles. The van der Waals surface area contributed by atoms with E-state index in [1.807, 2.05) is 13.8 Å². The number of ether oxygens (including phenoxy) is 1. The first-order valence-corrected chi connectivity index (χ1v) is 7.30. The number of Topliss-reactive ketones (excluding diaryl/α,β-unsaturated/α-hetero) is 1. The molecule has 4 atom stereocenters. The van der Waals surface area contributed by atoms with Gasteiger partial charge in [-0.25, -0.2) is 0 Å². The van der Waals surface area contributed by atoms with Gasteiger partial charge in [0.1, 0.15) is 5.78 Å². The van der Waals surface area contributed by atoms with Gasteiger partial charge >= 0.3 is 11.9 Å². The van der Waals surface area contributed by atoms with E-state index in [9.17, 15) is 14.4 Å². The van der Waals surface area contributed by atoms with Gasteiger partial charge in [0.2, 0.25) is 0 Å². The number of carbonyl (C=O) groups excluding carboxylic acids is 2. The second-order valence-electron chi connectivity index (χ2n) is 5.64. The third-order valence-electron chi connectivity index (χ3n) is 4.35. The first kappa shape index (κ1) is 16.7. The van der Waals surface area contributed by atoms with E-state index >= 15 is 0 Å². The van der Waals surface area contributed by atoms with E-state index in [1.54, 1.807) is 6.92 Å². The van der Waals surface area contributed by atoms with Crippen LogP contribution in [0.4, 0.5) is 0 Å². The minimum atomic E-state index is -0.955. The minimum absolute atomic E-state index is 0.0736. The highest BCUT2D eigenvalue weighted by atomic mass is 16.5. The van der Waals surface area contributed by atoms with Crippen molar-refractivity contribution in [1.82, 2.24) is 0 Å². The predicted molar refractivity (Wildman–Crippen MR) is 73.1 cm³/mol. The van der Waals surface area contributed by atoms with Crippen molar-refractivity contribution in [3.8, 4) is 0 Å². The highest BCUT2D eigenvalue weighted by Gasteiger charge is 2.41. The Kier molecular flexibility index (Phi) is 6.17. The Morgan fingerprint density at radius 1 is 1.35 bits per heavy atom. The van der Waals surface area contributed by atoms with Gasteiger partial charge in [-0.3, -0.25) is 14.4 Å². The Morgan fingerprint density at radius 3 is 2.55 bits per heavy atom. The van der Waals surface area contributed by atoms with E-state index in [-0.39, 0.29) is 37.1 Å². The summed E-state index contributed by atoms with van der Waals surface area (Å²) >= 11 is 0. The second kappa shape index (κ2) is 7.41. The number of esters is 1. The van der Waals surface area contributed by atoms with E-state index in [2.05, 4.69) is 0 Å². The molecule has 1 fully saturated rings. The van der Waals surface area contributed by atoms with Crippen LogP contribution in [0.15, 0.2) is 0 Å². The average molecular weight is 284 g/mol. The largest absolute Gasteiger partial charge is 0.481 e. The fraction of sp³-hybridized carbons (Fsp3) is 0.800. The molecule has 114 valence electrons. The zero-order chi connectivity index (χ0) is 15.3. The van der Waals surface area contributed by atoms with Crippen LogP contribution in [0.1, 0.15) is 46.5 Å². The lowest BCUT2D eigenvalue weighted by Gasteiger charge is -2.34. The third kappa shape index (κ3) is 4.05. The SMILES string of the molecule is CCOC(=O)C(CCC(=O)O)C1CCC(C)C(C)C1=O. The topological polar surface area (TPSA) is 80.7 Å². The molecule has 0 amide bonds. The first-order valence-electron chi connectivity index (χ1n) is 7.30. The summed E-state index contributed by atoms with van der Waals surface area (Å²) < 4.78 is 5.02. The van der Waals surface area contributed by atoms with Crippen LogP contribution < -0.4 is 0 Å². The van der Waals surface area contributed by atoms with Gasteiger partial charge < -0.3 is 9.84 Å². The molecule has 0 saturated heterocycles. The lowest BCUT2D eigenvalue weighted by molar-refractivity contribution is -0.155. The lowest BCUT2D eigenvalue weighted by atomic mass is 9.69. The molecular formula is C15H24O5. The fourth-order valence-corrected chi connectivity index (χ4v) is 2.86. The van der Waals surface area contributed by atoms with Gasteiger partial charge in [0.15, 0.2) is 0 Å². The number of rotatable bonds is 6. The van der Waals surface area contributed by atoms with E-state index in [4.69, 9.17) is 9.84 Å². The molecule has 1 aliphatic rings. The first-order chi connectivity index (χ1) is 9.38. The number of ketones is 1. The second-order valence-corrected chi connectivity index (χ2v) is 5.64. The van der Waals surface area contributed by atoms with Gasteiger partial charge in [-0.05, 0) is 32.1 Å². The van der Waals surface area contributed by atoms with Gasteiger partial charge in [0.25, 0.3) is 0 Å². The molecule has 0 radical (unpaired) electrons. The standard InChI is InChI=1S/C15H24O5/c1-4-20-15(19)12(7-8-13(16)17)11-6-5-9(2)10(3)14(11)18/h9-12H,4-8H2,1-3H3,(H,16,17). The number of hydrogen-bond acceptors (Lipinski definition) is 4. The van der Waals surface area contributed by atoms with Crippen LogP contribution >= 0.6 is 0 Å². The summed E-state index contributed by atoms with van der Waals surface area (Å²) in [4.78, 5) is 35.1. The average Bonchev–Trinajstić information content (AvgIpc) is 2.38. The van der Waals surface area contributed by atoms with E-state index < -0.39 is 17.9 Å². The number of carbonyl (C=O) groups is 3. The van der Waals surface area contributed by atoms with Gasteiger partial charge in [0.05, 0.1) is 12.5 Å². The Balaban J connectivity index is 2.83. The van der Waals surface area contributed by atoms with Crippen LogP contribution in [0, 0.1) is 23.7 Å². The zero-order valence-corrected chi connectivity index (χ0v) is 12.4. The molecule has 4 unspecified atom stereocenters. The molecule has 5 nitrogen and oxygen atoms in total. The van der Waals surface area contributed by atoms with Crippen molar-refractivity contribution in [2.24, 2.45) is 23.7 Å². The summed E-state index contributed by atoms with van der Waals surface area (Å²) in [7, 11) is 0. The summed E-state index contributed by atoms with van der Waals surface area (Å²) in [6.07, 6.45) is 1.59. The summed E-state index contributed by atoms with van der Waals surface area (Å²) in [5.41, 5.74) is 0. The van der Waals surface area contributed by atoms with Crippen LogP contribution in [0.5, 0.6) is 0 Å². The van der Waals surface area contributed by atoms with Crippen molar-refractivity contribution in [2.45, 2.75) is 46.5 Å². The normalized spacial score (nSPS) is 27.9. The molecule has 20 heavy (non-hydrogen) atoms. The molecule has 1 aliphatic carbocycles. The van der Waals surface area contributed by atoms with Crippen molar-refractivity contribution < 1.29 is 24.2 Å². The Morgan fingerprint density at radius 2 is 2.00 bits per heavy atom. The molecule has 0 bridgehead atoms. The molecule has 0 spiro atoms. The molecule has 1 N–H and O–H groups in total. The van der Waals surface area contributed by atoms with Crippen LogP contribution in [0.3, 0.4) is 0 Å². The van der Waals surface area contributed by atoms with E-state index in [0.717, 1.165) is 6.42 Å². The van der Waals surface area contributed by atoms with Gasteiger partial charge in [-0.15, -0.1) is 0 Å². The molecule has 1 rings (SSSR count).